The molecule has 1 saturated heterocycles. The highest BCUT2D eigenvalue weighted by Crippen LogP contribution is 2.33. The van der Waals surface area contributed by atoms with Gasteiger partial charge in [0, 0.05) is 24.8 Å². The van der Waals surface area contributed by atoms with Crippen LogP contribution in [-0.2, 0) is 16.7 Å². The predicted molar refractivity (Wildman–Crippen MR) is 153 cm³/mol. The second kappa shape index (κ2) is 11.8. The molecule has 1 aliphatic heterocycles. The molecule has 5 rings (SSSR count). The molecule has 2 N–H and O–H groups in total. The quantitative estimate of drug-likeness (QED) is 0.421. The first-order valence-electron chi connectivity index (χ1n) is 13.5. The van der Waals surface area contributed by atoms with Gasteiger partial charge in [0.15, 0.2) is 0 Å². The Labute approximate surface area is 234 Å². The van der Waals surface area contributed by atoms with E-state index in [2.05, 4.69) is 16.3 Å². The topological polar surface area (TPSA) is 118 Å². The van der Waals surface area contributed by atoms with E-state index in [1.165, 1.54) is 0 Å². The smallest absolute Gasteiger partial charge is 0.254 e. The van der Waals surface area contributed by atoms with Crippen LogP contribution in [0.25, 0.3) is 17.0 Å². The number of benzene rings is 2. The lowest BCUT2D eigenvalue weighted by Crippen LogP contribution is -2.38. The molecule has 2 aliphatic rings. The fourth-order valence-electron chi connectivity index (χ4n) is 5.33. The number of methoxy groups -OCH3 is 1. The van der Waals surface area contributed by atoms with E-state index in [0.29, 0.717) is 48.6 Å². The number of hydrogen-bond donors (Lipinski definition) is 1. The third kappa shape index (κ3) is 5.81. The first kappa shape index (κ1) is 27.3. The van der Waals surface area contributed by atoms with E-state index in [9.17, 15) is 10.1 Å². The van der Waals surface area contributed by atoms with E-state index >= 15 is 0 Å². The normalized spacial score (nSPS) is 18.4. The summed E-state index contributed by atoms with van der Waals surface area (Å²) in [5.74, 6) is 0.477. The molecule has 0 bridgehead atoms. The van der Waals surface area contributed by atoms with E-state index in [4.69, 9.17) is 14.9 Å². The van der Waals surface area contributed by atoms with Gasteiger partial charge in [-0.15, -0.1) is 10.2 Å². The number of nitrogens with two attached hydrogens (primary N) is 1. The lowest BCUT2D eigenvalue weighted by Gasteiger charge is -2.24. The van der Waals surface area contributed by atoms with Crippen LogP contribution in [0.5, 0.6) is 0 Å². The highest BCUT2D eigenvalue weighted by atomic mass is 16.5. The number of rotatable bonds is 8. The summed E-state index contributed by atoms with van der Waals surface area (Å²) in [6, 6.07) is 17.7. The molecule has 2 aromatic carbocycles. The molecule has 2 heterocycles. The summed E-state index contributed by atoms with van der Waals surface area (Å²) in [6.45, 7) is 3.01. The van der Waals surface area contributed by atoms with E-state index in [1.807, 2.05) is 72.5 Å². The SMILES string of the molecule is COCC1CCCN1C(=O)c1cc(C2=CCC=CC=C2C#N)cc(-c2nnc([C@@](C)(N)Cc3ccccc3)o2)c1. The van der Waals surface area contributed by atoms with Gasteiger partial charge in [-0.1, -0.05) is 48.6 Å². The van der Waals surface area contributed by atoms with Gasteiger partial charge in [0.05, 0.1) is 29.8 Å². The van der Waals surface area contributed by atoms with Crippen molar-refractivity contribution in [3.8, 4) is 17.5 Å². The van der Waals surface area contributed by atoms with Crippen LogP contribution < -0.4 is 5.73 Å². The number of likely N-dealkylation sites (tertiary alicyclic amines) is 1. The summed E-state index contributed by atoms with van der Waals surface area (Å²) in [4.78, 5) is 15.7. The van der Waals surface area contributed by atoms with Crippen molar-refractivity contribution in [1.82, 2.24) is 15.1 Å². The molecule has 0 spiro atoms. The van der Waals surface area contributed by atoms with Crippen LogP contribution in [0.4, 0.5) is 0 Å². The van der Waals surface area contributed by atoms with Crippen molar-refractivity contribution in [2.24, 2.45) is 5.73 Å². The second-order valence-electron chi connectivity index (χ2n) is 10.5. The molecule has 0 saturated carbocycles. The van der Waals surface area contributed by atoms with Crippen LogP contribution in [0, 0.1) is 11.3 Å². The average molecular weight is 536 g/mol. The first-order chi connectivity index (χ1) is 19.4. The van der Waals surface area contributed by atoms with Crippen molar-refractivity contribution in [2.75, 3.05) is 20.3 Å². The van der Waals surface area contributed by atoms with Crippen LogP contribution in [0.15, 0.2) is 82.8 Å². The second-order valence-corrected chi connectivity index (χ2v) is 10.5. The van der Waals surface area contributed by atoms with Gasteiger partial charge in [-0.3, -0.25) is 4.79 Å². The van der Waals surface area contributed by atoms with Crippen molar-refractivity contribution in [3.05, 3.63) is 101 Å². The summed E-state index contributed by atoms with van der Waals surface area (Å²) in [7, 11) is 1.65. The minimum atomic E-state index is -0.891. The number of carbonyl (C=O) groups excluding carboxylic acids is 1. The fourth-order valence-corrected chi connectivity index (χ4v) is 5.33. The van der Waals surface area contributed by atoms with Gasteiger partial charge in [0.2, 0.25) is 11.8 Å². The Morgan fingerprint density at radius 2 is 2.02 bits per heavy atom. The number of aromatic nitrogens is 2. The molecule has 2 atom stereocenters. The summed E-state index contributed by atoms with van der Waals surface area (Å²) in [5.41, 5.74) is 9.90. The van der Waals surface area contributed by atoms with E-state index in [0.717, 1.165) is 29.5 Å². The minimum Gasteiger partial charge on any atom is -0.419 e. The van der Waals surface area contributed by atoms with Crippen LogP contribution in [0.3, 0.4) is 0 Å². The van der Waals surface area contributed by atoms with Crippen LogP contribution in [0.1, 0.15) is 53.6 Å². The molecule has 40 heavy (non-hydrogen) atoms. The zero-order chi connectivity index (χ0) is 28.1. The lowest BCUT2D eigenvalue weighted by molar-refractivity contribution is 0.0630. The van der Waals surface area contributed by atoms with Gasteiger partial charge < -0.3 is 19.8 Å². The number of allylic oxidation sites excluding steroid dienone is 6. The van der Waals surface area contributed by atoms with Crippen LogP contribution in [0.2, 0.25) is 0 Å². The highest BCUT2D eigenvalue weighted by Gasteiger charge is 2.31. The maximum atomic E-state index is 13.8. The third-order valence-corrected chi connectivity index (χ3v) is 7.33. The average Bonchev–Trinajstić information content (AvgIpc) is 3.58. The van der Waals surface area contributed by atoms with Gasteiger partial charge >= 0.3 is 0 Å². The fraction of sp³-hybridized carbons (Fsp3) is 0.312. The molecule has 1 aliphatic carbocycles. The molecular formula is C32H33N5O3. The Morgan fingerprint density at radius 3 is 2.80 bits per heavy atom. The number of hydrogen-bond acceptors (Lipinski definition) is 7. The number of nitrogens with zero attached hydrogens (tertiary/aromatic N) is 4. The molecule has 0 radical (unpaired) electrons. The summed E-state index contributed by atoms with van der Waals surface area (Å²) in [5, 5.41) is 18.5. The third-order valence-electron chi connectivity index (χ3n) is 7.33. The lowest BCUT2D eigenvalue weighted by atomic mass is 9.93. The Kier molecular flexibility index (Phi) is 8.06. The summed E-state index contributed by atoms with van der Waals surface area (Å²) >= 11 is 0. The number of carbonyl (C=O) groups is 1. The zero-order valence-electron chi connectivity index (χ0n) is 22.8. The Bertz CT molecular complexity index is 1510. The van der Waals surface area contributed by atoms with Crippen molar-refractivity contribution >= 4 is 11.5 Å². The number of ether oxygens (including phenoxy) is 1. The Morgan fingerprint density at radius 1 is 1.23 bits per heavy atom. The van der Waals surface area contributed by atoms with E-state index in [-0.39, 0.29) is 17.8 Å². The Hall–Kier alpha value is -4.32. The van der Waals surface area contributed by atoms with Gasteiger partial charge in [-0.25, -0.2) is 0 Å². The Balaban J connectivity index is 1.55. The largest absolute Gasteiger partial charge is 0.419 e. The van der Waals surface area contributed by atoms with Crippen LogP contribution >= 0.6 is 0 Å². The van der Waals surface area contributed by atoms with Gasteiger partial charge in [0.25, 0.3) is 5.91 Å². The molecule has 1 aromatic heterocycles. The molecule has 204 valence electrons. The van der Waals surface area contributed by atoms with Gasteiger partial charge in [-0.2, -0.15) is 5.26 Å². The van der Waals surface area contributed by atoms with Crippen molar-refractivity contribution in [2.45, 2.75) is 44.2 Å². The predicted octanol–water partition coefficient (Wildman–Crippen LogP) is 5.20. The molecule has 1 amide bonds. The number of amides is 1. The first-order valence-corrected chi connectivity index (χ1v) is 13.5. The molecule has 8 heteroatoms. The standard InChI is InChI=1S/C32H33N5O3/c1-32(34,19-22-10-5-3-6-11-22)31-36-35-29(40-31)25-16-24(28-14-8-4-7-12-23(28)20-33)17-26(18-25)30(38)37-15-9-13-27(37)21-39-2/h3-7,10-12,14,16-18,27H,8-9,13,15,19,21,34H2,1-2H3/t27?,32-/m0/s1. The minimum absolute atomic E-state index is 0.0198. The molecule has 1 fully saturated rings. The molecule has 1 unspecified atom stereocenters. The summed E-state index contributed by atoms with van der Waals surface area (Å²) < 4.78 is 11.5. The van der Waals surface area contributed by atoms with Gasteiger partial charge in [-0.05, 0) is 73.6 Å². The van der Waals surface area contributed by atoms with Crippen molar-refractivity contribution in [3.63, 3.8) is 0 Å². The zero-order valence-corrected chi connectivity index (χ0v) is 22.8. The van der Waals surface area contributed by atoms with Crippen molar-refractivity contribution in [1.29, 1.82) is 5.26 Å². The molecular weight excluding hydrogens is 502 g/mol. The van der Waals surface area contributed by atoms with Crippen LogP contribution in [-0.4, -0.2) is 47.3 Å². The van der Waals surface area contributed by atoms with Crippen molar-refractivity contribution < 1.29 is 13.9 Å². The monoisotopic (exact) mass is 535 g/mol. The summed E-state index contributed by atoms with van der Waals surface area (Å²) in [6.07, 6.45) is 10.6. The van der Waals surface area contributed by atoms with E-state index in [1.54, 1.807) is 19.3 Å². The van der Waals surface area contributed by atoms with E-state index < -0.39 is 5.54 Å². The maximum absolute atomic E-state index is 13.8. The molecule has 8 nitrogen and oxygen atoms in total. The highest BCUT2D eigenvalue weighted by molar-refractivity contribution is 5.98. The van der Waals surface area contributed by atoms with Gasteiger partial charge in [0.1, 0.15) is 0 Å². The molecule has 3 aromatic rings. The maximum Gasteiger partial charge on any atom is 0.254 e. The number of nitriles is 1.